The third-order valence-corrected chi connectivity index (χ3v) is 5.84. The van der Waals surface area contributed by atoms with Crippen LogP contribution in [0, 0.1) is 0 Å². The Kier molecular flexibility index (Phi) is 6.85. The Bertz CT molecular complexity index is 976. The van der Waals surface area contributed by atoms with E-state index >= 15 is 0 Å². The molecule has 0 saturated heterocycles. The standard InChI is InChI=1S/C22H29N3O3S/c1-16(18-12-14-19(15-13-18)22(3,4)5)23-24-21(26)17(2)25(29(6,27)28)20-10-8-7-9-11-20/h7-15,17H,1-6H3,(H,24,26)/b23-16-/t17-/m0/s1. The van der Waals surface area contributed by atoms with Crippen LogP contribution in [-0.2, 0) is 20.2 Å². The molecule has 2 aromatic carbocycles. The molecule has 2 aromatic rings. The SMILES string of the molecule is C/C(=N/NC(=O)[C@H](C)N(c1ccccc1)S(C)(=O)=O)c1ccc(C(C)(C)C)cc1. The normalized spacial score (nSPS) is 13.7. The Morgan fingerprint density at radius 1 is 1.03 bits per heavy atom. The van der Waals surface area contributed by atoms with Crippen molar-refractivity contribution in [3.63, 3.8) is 0 Å². The molecule has 1 amide bonds. The molecule has 156 valence electrons. The van der Waals surface area contributed by atoms with E-state index in [4.69, 9.17) is 0 Å². The summed E-state index contributed by atoms with van der Waals surface area (Å²) in [5, 5.41) is 4.16. The first kappa shape index (κ1) is 22.6. The van der Waals surface area contributed by atoms with Crippen molar-refractivity contribution in [1.82, 2.24) is 5.43 Å². The molecule has 0 aliphatic carbocycles. The maximum atomic E-state index is 12.6. The van der Waals surface area contributed by atoms with E-state index < -0.39 is 22.0 Å². The number of nitrogens with zero attached hydrogens (tertiary/aromatic N) is 2. The third kappa shape index (κ3) is 5.90. The summed E-state index contributed by atoms with van der Waals surface area (Å²) in [6.07, 6.45) is 1.08. The van der Waals surface area contributed by atoms with Crippen LogP contribution in [0.1, 0.15) is 45.7 Å². The van der Waals surface area contributed by atoms with Gasteiger partial charge < -0.3 is 0 Å². The summed E-state index contributed by atoms with van der Waals surface area (Å²) in [4.78, 5) is 12.6. The van der Waals surface area contributed by atoms with E-state index in [1.165, 1.54) is 12.5 Å². The van der Waals surface area contributed by atoms with Crippen LogP contribution in [0.2, 0.25) is 0 Å². The van der Waals surface area contributed by atoms with E-state index in [0.717, 1.165) is 16.1 Å². The number of benzene rings is 2. The topological polar surface area (TPSA) is 78.8 Å². The number of hydrogen-bond donors (Lipinski definition) is 1. The molecule has 0 aromatic heterocycles. The average Bonchev–Trinajstić information content (AvgIpc) is 2.65. The number of anilines is 1. The highest BCUT2D eigenvalue weighted by Gasteiger charge is 2.29. The first-order chi connectivity index (χ1) is 13.4. The van der Waals surface area contributed by atoms with Gasteiger partial charge in [-0.2, -0.15) is 5.10 Å². The van der Waals surface area contributed by atoms with Gasteiger partial charge in [0.25, 0.3) is 5.91 Å². The molecule has 0 radical (unpaired) electrons. The van der Waals surface area contributed by atoms with Crippen LogP contribution >= 0.6 is 0 Å². The highest BCUT2D eigenvalue weighted by atomic mass is 32.2. The quantitative estimate of drug-likeness (QED) is 0.577. The summed E-state index contributed by atoms with van der Waals surface area (Å²) >= 11 is 0. The Hall–Kier alpha value is -2.67. The minimum absolute atomic E-state index is 0.0553. The summed E-state index contributed by atoms with van der Waals surface area (Å²) in [7, 11) is -3.65. The monoisotopic (exact) mass is 415 g/mol. The van der Waals surface area contributed by atoms with Crippen LogP contribution < -0.4 is 9.73 Å². The second-order valence-corrected chi connectivity index (χ2v) is 9.93. The van der Waals surface area contributed by atoms with Crippen molar-refractivity contribution in [2.75, 3.05) is 10.6 Å². The minimum Gasteiger partial charge on any atom is -0.271 e. The van der Waals surface area contributed by atoms with Gasteiger partial charge in [0, 0.05) is 0 Å². The van der Waals surface area contributed by atoms with Crippen LogP contribution in [0.5, 0.6) is 0 Å². The van der Waals surface area contributed by atoms with Crippen LogP contribution in [-0.4, -0.2) is 32.3 Å². The van der Waals surface area contributed by atoms with E-state index in [9.17, 15) is 13.2 Å². The Morgan fingerprint density at radius 2 is 1.59 bits per heavy atom. The number of carbonyl (C=O) groups is 1. The second kappa shape index (κ2) is 8.78. The van der Waals surface area contributed by atoms with E-state index in [0.29, 0.717) is 11.4 Å². The predicted octanol–water partition coefficient (Wildman–Crippen LogP) is 3.68. The van der Waals surface area contributed by atoms with Crippen molar-refractivity contribution in [1.29, 1.82) is 0 Å². The smallest absolute Gasteiger partial charge is 0.263 e. The van der Waals surface area contributed by atoms with Gasteiger partial charge in [-0.3, -0.25) is 9.10 Å². The Labute approximate surface area is 173 Å². The summed E-state index contributed by atoms with van der Waals surface area (Å²) < 4.78 is 25.6. The van der Waals surface area contributed by atoms with Gasteiger partial charge in [0.2, 0.25) is 10.0 Å². The van der Waals surface area contributed by atoms with Gasteiger partial charge >= 0.3 is 0 Å². The van der Waals surface area contributed by atoms with E-state index in [1.807, 2.05) is 24.3 Å². The van der Waals surface area contributed by atoms with Crippen LogP contribution in [0.15, 0.2) is 59.7 Å². The van der Waals surface area contributed by atoms with Gasteiger partial charge in [0.05, 0.1) is 17.7 Å². The second-order valence-electron chi connectivity index (χ2n) is 8.07. The first-order valence-electron chi connectivity index (χ1n) is 9.41. The van der Waals surface area contributed by atoms with Crippen LogP contribution in [0.4, 0.5) is 5.69 Å². The minimum atomic E-state index is -3.65. The van der Waals surface area contributed by atoms with Crippen molar-refractivity contribution in [3.05, 3.63) is 65.7 Å². The molecule has 0 heterocycles. The van der Waals surface area contributed by atoms with Crippen molar-refractivity contribution >= 4 is 27.3 Å². The molecule has 0 aliphatic rings. The fourth-order valence-corrected chi connectivity index (χ4v) is 4.07. The van der Waals surface area contributed by atoms with Crippen molar-refractivity contribution in [2.45, 2.75) is 46.1 Å². The maximum absolute atomic E-state index is 12.6. The van der Waals surface area contributed by atoms with Gasteiger partial charge in [-0.25, -0.2) is 13.8 Å². The highest BCUT2D eigenvalue weighted by Crippen LogP contribution is 2.22. The van der Waals surface area contributed by atoms with Crippen molar-refractivity contribution in [2.24, 2.45) is 5.10 Å². The number of sulfonamides is 1. The highest BCUT2D eigenvalue weighted by molar-refractivity contribution is 7.92. The molecule has 1 N–H and O–H groups in total. The number of hydrogen-bond acceptors (Lipinski definition) is 4. The first-order valence-corrected chi connectivity index (χ1v) is 11.3. The lowest BCUT2D eigenvalue weighted by Crippen LogP contribution is -2.46. The zero-order chi connectivity index (χ0) is 21.8. The zero-order valence-electron chi connectivity index (χ0n) is 17.8. The van der Waals surface area contributed by atoms with E-state index in [-0.39, 0.29) is 5.41 Å². The molecule has 0 bridgehead atoms. The average molecular weight is 416 g/mol. The molecule has 0 aliphatic heterocycles. The summed E-state index contributed by atoms with van der Waals surface area (Å²) in [6, 6.07) is 15.6. The van der Waals surface area contributed by atoms with Gasteiger partial charge in [-0.15, -0.1) is 0 Å². The summed E-state index contributed by atoms with van der Waals surface area (Å²) in [5.74, 6) is -0.509. The maximum Gasteiger partial charge on any atom is 0.263 e. The molecule has 0 fully saturated rings. The van der Waals surface area contributed by atoms with Gasteiger partial charge in [0.1, 0.15) is 6.04 Å². The molecule has 7 heteroatoms. The lowest BCUT2D eigenvalue weighted by molar-refractivity contribution is -0.121. The lowest BCUT2D eigenvalue weighted by atomic mass is 9.86. The third-order valence-electron chi connectivity index (χ3n) is 4.60. The molecule has 2 rings (SSSR count). The molecule has 1 atom stereocenters. The van der Waals surface area contributed by atoms with Crippen LogP contribution in [0.3, 0.4) is 0 Å². The van der Waals surface area contributed by atoms with E-state index in [1.54, 1.807) is 37.3 Å². The lowest BCUT2D eigenvalue weighted by Gasteiger charge is -2.27. The van der Waals surface area contributed by atoms with Gasteiger partial charge in [0.15, 0.2) is 0 Å². The number of para-hydroxylation sites is 1. The molecule has 0 unspecified atom stereocenters. The summed E-state index contributed by atoms with van der Waals surface area (Å²) in [6.45, 7) is 9.76. The number of nitrogens with one attached hydrogen (secondary N) is 1. The largest absolute Gasteiger partial charge is 0.271 e. The molecule has 6 nitrogen and oxygen atoms in total. The molecule has 0 spiro atoms. The Morgan fingerprint density at radius 3 is 2.07 bits per heavy atom. The molecule has 0 saturated carbocycles. The molecule has 29 heavy (non-hydrogen) atoms. The van der Waals surface area contributed by atoms with Crippen molar-refractivity contribution < 1.29 is 13.2 Å². The number of rotatable bonds is 6. The number of hydrazone groups is 1. The van der Waals surface area contributed by atoms with Crippen LogP contribution in [0.25, 0.3) is 0 Å². The van der Waals surface area contributed by atoms with Gasteiger partial charge in [-0.1, -0.05) is 63.2 Å². The number of carbonyl (C=O) groups excluding carboxylic acids is 1. The van der Waals surface area contributed by atoms with E-state index in [2.05, 4.69) is 31.3 Å². The molecular weight excluding hydrogens is 386 g/mol. The van der Waals surface area contributed by atoms with Crippen molar-refractivity contribution in [3.8, 4) is 0 Å². The van der Waals surface area contributed by atoms with Gasteiger partial charge in [-0.05, 0) is 42.5 Å². The number of amides is 1. The fourth-order valence-electron chi connectivity index (χ4n) is 2.89. The zero-order valence-corrected chi connectivity index (χ0v) is 18.6. The Balaban J connectivity index is 2.17. The summed E-state index contributed by atoms with van der Waals surface area (Å²) in [5.41, 5.74) is 5.70. The fraction of sp³-hybridized carbons (Fsp3) is 0.364. The predicted molar refractivity (Wildman–Crippen MR) is 119 cm³/mol. The molecular formula is C22H29N3O3S.